The number of pyridine rings is 1. The number of hydrogen-bond donors (Lipinski definition) is 1. The van der Waals surface area contributed by atoms with Gasteiger partial charge in [0.05, 0.1) is 23.2 Å². The van der Waals surface area contributed by atoms with Crippen molar-refractivity contribution in [3.05, 3.63) is 94.0 Å². The molecule has 4 aromatic rings. The van der Waals surface area contributed by atoms with Crippen LogP contribution in [-0.4, -0.2) is 26.2 Å². The van der Waals surface area contributed by atoms with E-state index in [2.05, 4.69) is 24.1 Å². The van der Waals surface area contributed by atoms with Crippen LogP contribution < -0.4 is 10.9 Å². The molecule has 0 saturated carbocycles. The highest BCUT2D eigenvalue weighted by molar-refractivity contribution is 7.99. The van der Waals surface area contributed by atoms with Crippen LogP contribution in [0.1, 0.15) is 30.5 Å². The van der Waals surface area contributed by atoms with Crippen molar-refractivity contribution in [2.75, 3.05) is 11.1 Å². The second-order valence-corrected chi connectivity index (χ2v) is 8.60. The molecule has 0 aliphatic rings. The number of anilines is 1. The van der Waals surface area contributed by atoms with Crippen LogP contribution in [0, 0.1) is 0 Å². The third-order valence-corrected chi connectivity index (χ3v) is 6.46. The van der Waals surface area contributed by atoms with E-state index in [0.29, 0.717) is 22.6 Å². The number of benzene rings is 2. The Morgan fingerprint density at radius 1 is 1.00 bits per heavy atom. The predicted octanol–water partition coefficient (Wildman–Crippen LogP) is 4.70. The first kappa shape index (κ1) is 22.7. The molecule has 0 bridgehead atoms. The number of nitrogens with zero attached hydrogens (tertiary/aromatic N) is 3. The summed E-state index contributed by atoms with van der Waals surface area (Å²) in [5.74, 6) is 0.0323. The maximum Gasteiger partial charge on any atom is 0.262 e. The second-order valence-electron chi connectivity index (χ2n) is 7.66. The van der Waals surface area contributed by atoms with Gasteiger partial charge in [-0.2, -0.15) is 0 Å². The van der Waals surface area contributed by atoms with Crippen molar-refractivity contribution >= 4 is 34.3 Å². The fraction of sp³-hybridized carbons (Fsp3) is 0.231. The van der Waals surface area contributed by atoms with E-state index in [0.717, 1.165) is 35.2 Å². The maximum atomic E-state index is 13.2. The number of rotatable bonds is 8. The first-order chi connectivity index (χ1) is 16.1. The third kappa shape index (κ3) is 5.14. The summed E-state index contributed by atoms with van der Waals surface area (Å²) in [6.45, 7) is 4.50. The Kier molecular flexibility index (Phi) is 7.19. The van der Waals surface area contributed by atoms with E-state index in [1.807, 2.05) is 48.5 Å². The minimum atomic E-state index is -0.128. The molecule has 0 atom stereocenters. The Hall–Kier alpha value is -3.45. The van der Waals surface area contributed by atoms with Gasteiger partial charge in [0, 0.05) is 18.1 Å². The third-order valence-electron chi connectivity index (χ3n) is 5.49. The first-order valence-corrected chi connectivity index (χ1v) is 12.0. The van der Waals surface area contributed by atoms with Crippen LogP contribution in [0.5, 0.6) is 0 Å². The lowest BCUT2D eigenvalue weighted by Crippen LogP contribution is -2.25. The summed E-state index contributed by atoms with van der Waals surface area (Å²) in [6.07, 6.45) is 5.11. The Morgan fingerprint density at radius 2 is 1.76 bits per heavy atom. The van der Waals surface area contributed by atoms with Gasteiger partial charge in [0.2, 0.25) is 5.91 Å². The van der Waals surface area contributed by atoms with Crippen molar-refractivity contribution in [1.29, 1.82) is 0 Å². The monoisotopic (exact) mass is 458 g/mol. The summed E-state index contributed by atoms with van der Waals surface area (Å²) < 4.78 is 1.62. The molecule has 0 saturated heterocycles. The summed E-state index contributed by atoms with van der Waals surface area (Å²) in [6, 6.07) is 17.1. The minimum Gasteiger partial charge on any atom is -0.325 e. The molecule has 1 N–H and O–H groups in total. The van der Waals surface area contributed by atoms with Gasteiger partial charge in [-0.05, 0) is 47.7 Å². The van der Waals surface area contributed by atoms with Crippen molar-refractivity contribution in [1.82, 2.24) is 14.5 Å². The lowest BCUT2D eigenvalue weighted by molar-refractivity contribution is -0.113. The molecular weight excluding hydrogens is 432 g/mol. The van der Waals surface area contributed by atoms with Crippen LogP contribution in [0.15, 0.2) is 76.9 Å². The highest BCUT2D eigenvalue weighted by Gasteiger charge is 2.15. The van der Waals surface area contributed by atoms with E-state index in [1.165, 1.54) is 11.8 Å². The zero-order chi connectivity index (χ0) is 23.2. The zero-order valence-electron chi connectivity index (χ0n) is 18.7. The summed E-state index contributed by atoms with van der Waals surface area (Å²) in [4.78, 5) is 35.0. The average Bonchev–Trinajstić information content (AvgIpc) is 2.85. The van der Waals surface area contributed by atoms with Crippen LogP contribution in [-0.2, 0) is 24.2 Å². The maximum absolute atomic E-state index is 13.2. The number of carbonyl (C=O) groups is 1. The molecule has 0 fully saturated rings. The molecule has 6 nitrogen and oxygen atoms in total. The molecule has 2 aromatic carbocycles. The van der Waals surface area contributed by atoms with Gasteiger partial charge < -0.3 is 5.32 Å². The van der Waals surface area contributed by atoms with Crippen molar-refractivity contribution in [3.8, 4) is 0 Å². The molecule has 0 unspecified atom stereocenters. The molecule has 0 radical (unpaired) electrons. The van der Waals surface area contributed by atoms with Crippen molar-refractivity contribution in [2.45, 2.75) is 38.4 Å². The molecule has 0 aliphatic carbocycles. The summed E-state index contributed by atoms with van der Waals surface area (Å²) in [7, 11) is 0. The average molecular weight is 459 g/mol. The normalized spacial score (nSPS) is 11.0. The molecule has 33 heavy (non-hydrogen) atoms. The van der Waals surface area contributed by atoms with E-state index in [9.17, 15) is 9.59 Å². The van der Waals surface area contributed by atoms with Crippen LogP contribution >= 0.6 is 11.8 Å². The number of aromatic nitrogens is 3. The SMILES string of the molecule is CCc1cccc(CC)c1NC(=O)CSc1nc2ccccc2c(=O)n1Cc1cccnc1. The summed E-state index contributed by atoms with van der Waals surface area (Å²) >= 11 is 1.27. The predicted molar refractivity (Wildman–Crippen MR) is 134 cm³/mol. The fourth-order valence-electron chi connectivity index (χ4n) is 3.78. The van der Waals surface area contributed by atoms with Gasteiger partial charge >= 0.3 is 0 Å². The highest BCUT2D eigenvalue weighted by atomic mass is 32.2. The van der Waals surface area contributed by atoms with Crippen LogP contribution in [0.25, 0.3) is 10.9 Å². The molecule has 4 rings (SSSR count). The Balaban J connectivity index is 1.61. The van der Waals surface area contributed by atoms with Gasteiger partial charge in [0.15, 0.2) is 5.16 Å². The molecule has 0 spiro atoms. The molecule has 2 heterocycles. The summed E-state index contributed by atoms with van der Waals surface area (Å²) in [5.41, 5.74) is 4.52. The number of aryl methyl sites for hydroxylation is 2. The molecule has 168 valence electrons. The lowest BCUT2D eigenvalue weighted by Gasteiger charge is -2.15. The number of carbonyl (C=O) groups excluding carboxylic acids is 1. The van der Waals surface area contributed by atoms with E-state index < -0.39 is 0 Å². The number of nitrogens with one attached hydrogen (secondary N) is 1. The van der Waals surface area contributed by atoms with Crippen LogP contribution in [0.3, 0.4) is 0 Å². The topological polar surface area (TPSA) is 76.9 Å². The van der Waals surface area contributed by atoms with Gasteiger partial charge in [-0.3, -0.25) is 19.1 Å². The van der Waals surface area contributed by atoms with Gasteiger partial charge in [0.25, 0.3) is 5.56 Å². The number of para-hydroxylation sites is 2. The molecule has 0 aliphatic heterocycles. The standard InChI is InChI=1S/C26H26N4O2S/c1-3-19-10-7-11-20(4-2)24(19)29-23(31)17-33-26-28-22-13-6-5-12-21(22)25(32)30(26)16-18-9-8-14-27-15-18/h5-15H,3-4,16-17H2,1-2H3,(H,29,31). The van der Waals surface area contributed by atoms with Gasteiger partial charge in [-0.15, -0.1) is 0 Å². The lowest BCUT2D eigenvalue weighted by atomic mass is 10.0. The number of fused-ring (bicyclic) bond motifs is 1. The Labute approximate surface area is 197 Å². The zero-order valence-corrected chi connectivity index (χ0v) is 19.6. The van der Waals surface area contributed by atoms with Crippen molar-refractivity contribution < 1.29 is 4.79 Å². The van der Waals surface area contributed by atoms with E-state index in [4.69, 9.17) is 4.98 Å². The first-order valence-electron chi connectivity index (χ1n) is 11.0. The molecular formula is C26H26N4O2S. The summed E-state index contributed by atoms with van der Waals surface area (Å²) in [5, 5.41) is 4.15. The van der Waals surface area contributed by atoms with Crippen LogP contribution in [0.4, 0.5) is 5.69 Å². The van der Waals surface area contributed by atoms with Gasteiger partial charge in [0.1, 0.15) is 0 Å². The second kappa shape index (κ2) is 10.4. The van der Waals surface area contributed by atoms with Gasteiger partial charge in [-0.25, -0.2) is 4.98 Å². The Bertz CT molecular complexity index is 1310. The molecule has 7 heteroatoms. The largest absolute Gasteiger partial charge is 0.325 e. The van der Waals surface area contributed by atoms with Gasteiger partial charge in [-0.1, -0.05) is 62.0 Å². The van der Waals surface area contributed by atoms with Crippen molar-refractivity contribution in [3.63, 3.8) is 0 Å². The van der Waals surface area contributed by atoms with Crippen LogP contribution in [0.2, 0.25) is 0 Å². The van der Waals surface area contributed by atoms with E-state index in [-0.39, 0.29) is 17.2 Å². The Morgan fingerprint density at radius 3 is 2.45 bits per heavy atom. The fourth-order valence-corrected chi connectivity index (χ4v) is 4.58. The number of hydrogen-bond acceptors (Lipinski definition) is 5. The van der Waals surface area contributed by atoms with E-state index in [1.54, 1.807) is 23.0 Å². The highest BCUT2D eigenvalue weighted by Crippen LogP contribution is 2.24. The van der Waals surface area contributed by atoms with E-state index >= 15 is 0 Å². The van der Waals surface area contributed by atoms with Crippen molar-refractivity contribution in [2.24, 2.45) is 0 Å². The number of amides is 1. The number of thioether (sulfide) groups is 1. The smallest absolute Gasteiger partial charge is 0.262 e. The quantitative estimate of drug-likeness (QED) is 0.306. The molecule has 2 aromatic heterocycles. The molecule has 1 amide bonds. The minimum absolute atomic E-state index is 0.120.